The maximum absolute atomic E-state index is 13.0. The molecule has 0 unspecified atom stereocenters. The van der Waals surface area contributed by atoms with Crippen molar-refractivity contribution in [3.63, 3.8) is 0 Å². The number of oxime groups is 1. The van der Waals surface area contributed by atoms with Crippen LogP contribution in [0.3, 0.4) is 0 Å². The number of fused-ring (bicyclic) bond motifs is 1. The van der Waals surface area contributed by atoms with Gasteiger partial charge in [0, 0.05) is 28.9 Å². The van der Waals surface area contributed by atoms with E-state index in [1.54, 1.807) is 0 Å². The number of β-lactam (4-membered cyclic amide) rings is 1. The number of carboxylic acids is 1. The van der Waals surface area contributed by atoms with Crippen LogP contribution in [0.25, 0.3) is 0 Å². The van der Waals surface area contributed by atoms with E-state index < -0.39 is 29.2 Å². The molecular formula is C20H22N7O5S4+. The third-order valence-electron chi connectivity index (χ3n) is 6.29. The fourth-order valence-electron chi connectivity index (χ4n) is 4.40. The van der Waals surface area contributed by atoms with E-state index in [2.05, 4.69) is 22.5 Å². The Morgan fingerprint density at radius 3 is 2.67 bits per heavy atom. The summed E-state index contributed by atoms with van der Waals surface area (Å²) in [5.74, 6) is -1.26. The number of likely N-dealkylation sites (tertiary alicyclic amines) is 1. The summed E-state index contributed by atoms with van der Waals surface area (Å²) in [5, 5.41) is 27.8. The van der Waals surface area contributed by atoms with Crippen LogP contribution in [0.15, 0.2) is 30.9 Å². The largest absolute Gasteiger partial charge is 0.477 e. The Bertz CT molecular complexity index is 1300. The molecule has 3 aliphatic rings. The van der Waals surface area contributed by atoms with Crippen LogP contribution in [0, 0.1) is 0 Å². The molecule has 0 spiro atoms. The molecule has 3 aliphatic heterocycles. The van der Waals surface area contributed by atoms with Crippen molar-refractivity contribution < 1.29 is 24.7 Å². The highest BCUT2D eigenvalue weighted by molar-refractivity contribution is 8.07. The molecule has 0 aliphatic carbocycles. The minimum absolute atomic E-state index is 0.0788. The van der Waals surface area contributed by atoms with Gasteiger partial charge in [0.15, 0.2) is 15.2 Å². The van der Waals surface area contributed by atoms with E-state index in [9.17, 15) is 24.7 Å². The molecule has 2 saturated heterocycles. The number of rotatable bonds is 7. The van der Waals surface area contributed by atoms with Crippen molar-refractivity contribution in [3.05, 3.63) is 27.1 Å². The third kappa shape index (κ3) is 4.36. The summed E-state index contributed by atoms with van der Waals surface area (Å²) in [5.41, 5.74) is 5.18. The first-order chi connectivity index (χ1) is 17.2. The number of aromatic nitrogens is 2. The van der Waals surface area contributed by atoms with Crippen LogP contribution in [0.5, 0.6) is 0 Å². The number of hydrogen-bond acceptors (Lipinski definition) is 12. The van der Waals surface area contributed by atoms with E-state index in [0.717, 1.165) is 51.9 Å². The monoisotopic (exact) mass is 568 g/mol. The van der Waals surface area contributed by atoms with Gasteiger partial charge in [-0.15, -0.1) is 34.4 Å². The zero-order chi connectivity index (χ0) is 25.6. The Morgan fingerprint density at radius 2 is 2.03 bits per heavy atom. The van der Waals surface area contributed by atoms with E-state index in [0.29, 0.717) is 10.7 Å². The molecule has 16 heteroatoms. The van der Waals surface area contributed by atoms with Gasteiger partial charge in [-0.3, -0.25) is 19.0 Å². The van der Waals surface area contributed by atoms with Gasteiger partial charge in [-0.25, -0.2) is 9.78 Å². The van der Waals surface area contributed by atoms with Gasteiger partial charge in [-0.1, -0.05) is 16.9 Å². The average Bonchev–Trinajstić information content (AvgIpc) is 3.60. The molecule has 0 radical (unpaired) electrons. The Morgan fingerprint density at radius 1 is 1.28 bits per heavy atom. The number of carbonyl (C=O) groups is 3. The summed E-state index contributed by atoms with van der Waals surface area (Å²) in [6.07, 6.45) is 2.31. The molecule has 2 atom stereocenters. The topological polar surface area (TPSA) is 171 Å². The normalized spacial score (nSPS) is 23.4. The summed E-state index contributed by atoms with van der Waals surface area (Å²) in [4.78, 5) is 48.2. The number of thiazole rings is 2. The van der Waals surface area contributed by atoms with Crippen molar-refractivity contribution >= 4 is 80.6 Å². The summed E-state index contributed by atoms with van der Waals surface area (Å²) in [6.45, 7) is 2.06. The highest BCUT2D eigenvalue weighted by atomic mass is 32.2. The second-order valence-corrected chi connectivity index (χ2v) is 12.8. The smallest absolute Gasteiger partial charge is 0.353 e. The van der Waals surface area contributed by atoms with Crippen molar-refractivity contribution in [1.29, 1.82) is 0 Å². The number of nitrogen functional groups attached to an aromatic ring is 1. The number of carboxylic acid groups (broad SMARTS) is 1. The molecule has 2 fully saturated rings. The van der Waals surface area contributed by atoms with E-state index in [1.165, 1.54) is 45.1 Å². The van der Waals surface area contributed by atoms with Gasteiger partial charge in [0.1, 0.15) is 22.8 Å². The molecule has 5 heterocycles. The van der Waals surface area contributed by atoms with Crippen LogP contribution >= 0.6 is 46.2 Å². The van der Waals surface area contributed by atoms with Crippen LogP contribution in [-0.2, 0) is 14.4 Å². The summed E-state index contributed by atoms with van der Waals surface area (Å²) < 4.78 is 1.50. The molecule has 0 aromatic carbocycles. The van der Waals surface area contributed by atoms with Crippen molar-refractivity contribution in [2.75, 3.05) is 31.6 Å². The van der Waals surface area contributed by atoms with Crippen molar-refractivity contribution in [2.24, 2.45) is 5.16 Å². The highest BCUT2D eigenvalue weighted by Crippen LogP contribution is 2.46. The molecule has 0 saturated carbocycles. The fourth-order valence-corrected chi connectivity index (χ4v) is 8.51. The number of nitrogens with one attached hydrogen (secondary N) is 1. The zero-order valence-corrected chi connectivity index (χ0v) is 22.2. The first-order valence-corrected chi connectivity index (χ1v) is 14.5. The first-order valence-electron chi connectivity index (χ1n) is 10.9. The summed E-state index contributed by atoms with van der Waals surface area (Å²) in [6, 6.07) is -0.970. The number of anilines is 1. The fraction of sp³-hybridized carbons (Fsp3) is 0.400. The number of nitrogens with two attached hydrogens (primary N) is 1. The molecular weight excluding hydrogens is 547 g/mol. The Balaban J connectivity index is 1.32. The van der Waals surface area contributed by atoms with Gasteiger partial charge >= 0.3 is 5.97 Å². The van der Waals surface area contributed by atoms with Crippen LogP contribution in [0.4, 0.5) is 10.9 Å². The minimum Gasteiger partial charge on any atom is -0.477 e. The quantitative estimate of drug-likeness (QED) is 0.126. The van der Waals surface area contributed by atoms with Crippen LogP contribution in [0.1, 0.15) is 18.5 Å². The molecule has 12 nitrogen and oxygen atoms in total. The maximum Gasteiger partial charge on any atom is 0.353 e. The van der Waals surface area contributed by atoms with Gasteiger partial charge in [0.05, 0.1) is 25.5 Å². The number of carbonyl (C=O) groups excluding carboxylic acids is 2. The molecule has 36 heavy (non-hydrogen) atoms. The van der Waals surface area contributed by atoms with Crippen LogP contribution < -0.4 is 15.5 Å². The lowest BCUT2D eigenvalue weighted by Gasteiger charge is -2.49. The van der Waals surface area contributed by atoms with Gasteiger partial charge in [-0.05, 0) is 0 Å². The SMILES string of the molecule is C[N+]1(c2csc(SC3=C(C(=O)O)N4C(=O)[C@@H](NC(=O)/C(=N\O)c5csc(N)n5)[C@H]4SC3)n2)CCCC1. The lowest BCUT2D eigenvalue weighted by atomic mass is 10.0. The molecule has 0 bridgehead atoms. The predicted octanol–water partition coefficient (Wildman–Crippen LogP) is 1.58. The molecule has 5 N–H and O–H groups in total. The third-order valence-corrected chi connectivity index (χ3v) is 10.4. The average molecular weight is 569 g/mol. The number of aliphatic carboxylic acids is 1. The second-order valence-electron chi connectivity index (χ2n) is 8.58. The van der Waals surface area contributed by atoms with Gasteiger partial charge < -0.3 is 21.4 Å². The van der Waals surface area contributed by atoms with Gasteiger partial charge in [0.25, 0.3) is 11.8 Å². The number of quaternary nitrogens is 1. The highest BCUT2D eigenvalue weighted by Gasteiger charge is 2.54. The number of nitrogens with zero attached hydrogens (tertiary/aromatic N) is 5. The summed E-state index contributed by atoms with van der Waals surface area (Å²) >= 11 is 5.16. The predicted molar refractivity (Wildman–Crippen MR) is 139 cm³/mol. The van der Waals surface area contributed by atoms with E-state index in [1.807, 2.05) is 5.38 Å². The van der Waals surface area contributed by atoms with Crippen molar-refractivity contribution in [2.45, 2.75) is 28.6 Å². The number of hydrogen-bond donors (Lipinski definition) is 4. The lowest BCUT2D eigenvalue weighted by molar-refractivity contribution is -0.150. The Kier molecular flexibility index (Phi) is 6.71. The van der Waals surface area contributed by atoms with E-state index >= 15 is 0 Å². The van der Waals surface area contributed by atoms with Gasteiger partial charge in [0.2, 0.25) is 5.82 Å². The number of thioether (sulfide) groups is 2. The molecule has 5 rings (SSSR count). The van der Waals surface area contributed by atoms with Gasteiger partial charge in [-0.2, -0.15) is 4.98 Å². The van der Waals surface area contributed by atoms with Crippen molar-refractivity contribution in [3.8, 4) is 0 Å². The number of amides is 2. The second kappa shape index (κ2) is 9.66. The molecule has 2 aromatic heterocycles. The Hall–Kier alpha value is -2.66. The summed E-state index contributed by atoms with van der Waals surface area (Å²) in [7, 11) is 2.16. The molecule has 190 valence electrons. The minimum atomic E-state index is -1.22. The van der Waals surface area contributed by atoms with E-state index in [-0.39, 0.29) is 22.2 Å². The van der Waals surface area contributed by atoms with Crippen LogP contribution in [-0.4, -0.2) is 86.0 Å². The molecule has 2 aromatic rings. The molecule has 2 amide bonds. The lowest BCUT2D eigenvalue weighted by Crippen LogP contribution is -2.71. The Labute approximate surface area is 221 Å². The maximum atomic E-state index is 13.0. The standard InChI is InChI=1S/C20H21N7O5S4/c1-27(4-2-3-5-27)11-8-35-20(23-11)36-10-7-33-17-13(16(29)26(17)14(10)18(30)31)24-15(28)12(25-32)9-6-34-19(21)22-9/h6,8,13,17H,2-5,7H2,1H3,(H4-,21,22,24,28,30,31,32)/p+1/t13-,17-/m1/s1. The first kappa shape index (κ1) is 25.0. The van der Waals surface area contributed by atoms with Crippen molar-refractivity contribution in [1.82, 2.24) is 24.7 Å². The zero-order valence-electron chi connectivity index (χ0n) is 18.9. The van der Waals surface area contributed by atoms with E-state index in [4.69, 9.17) is 10.7 Å². The van der Waals surface area contributed by atoms with Crippen LogP contribution in [0.2, 0.25) is 0 Å².